The van der Waals surface area contributed by atoms with Gasteiger partial charge in [0, 0.05) is 11.8 Å². The van der Waals surface area contributed by atoms with Gasteiger partial charge in [-0.1, -0.05) is 34.1 Å². The van der Waals surface area contributed by atoms with Gasteiger partial charge in [0.15, 0.2) is 0 Å². The van der Waals surface area contributed by atoms with Crippen molar-refractivity contribution < 1.29 is 4.79 Å². The molecule has 0 aromatic rings. The molecule has 1 heteroatoms. The van der Waals surface area contributed by atoms with Crippen LogP contribution in [0.2, 0.25) is 0 Å². The molecule has 0 atom stereocenters. The van der Waals surface area contributed by atoms with E-state index in [-0.39, 0.29) is 5.41 Å². The summed E-state index contributed by atoms with van der Waals surface area (Å²) in [6.45, 7) is 8.79. The van der Waals surface area contributed by atoms with Crippen LogP contribution in [-0.2, 0) is 4.79 Å². The third-order valence-corrected chi connectivity index (χ3v) is 3.82. The Morgan fingerprint density at radius 3 is 1.92 bits per heavy atom. The molecule has 13 heavy (non-hydrogen) atoms. The second kappa shape index (κ2) is 3.81. The Kier molecular flexibility index (Phi) is 3.15. The van der Waals surface area contributed by atoms with Crippen molar-refractivity contribution in [2.45, 2.75) is 53.4 Å². The Bertz CT molecular complexity index is 183. The van der Waals surface area contributed by atoms with Crippen LogP contribution in [0.5, 0.6) is 0 Å². The molecule has 0 heterocycles. The number of hydrogen-bond donors (Lipinski definition) is 0. The van der Waals surface area contributed by atoms with Crippen molar-refractivity contribution in [1.29, 1.82) is 0 Å². The number of Topliss-reactive ketones (excluding diaryl/α,β-unsaturated/α-hetero) is 1. The standard InChI is InChI=1S/C12H22O/c1-9(2)12(10(3)4)8-6-5-7-11(12)13/h9-10H,5-8H2,1-4H3. The Morgan fingerprint density at radius 1 is 1.08 bits per heavy atom. The van der Waals surface area contributed by atoms with Gasteiger partial charge in [-0.2, -0.15) is 0 Å². The zero-order chi connectivity index (χ0) is 10.1. The molecule has 0 bridgehead atoms. The molecule has 0 unspecified atom stereocenters. The number of carbonyl (C=O) groups excluding carboxylic acids is 1. The lowest BCUT2D eigenvalue weighted by Crippen LogP contribution is -2.43. The molecule has 0 amide bonds. The van der Waals surface area contributed by atoms with E-state index in [1.807, 2.05) is 0 Å². The molecule has 1 fully saturated rings. The third-order valence-electron chi connectivity index (χ3n) is 3.82. The molecule has 0 aromatic carbocycles. The highest BCUT2D eigenvalue weighted by molar-refractivity contribution is 5.86. The SMILES string of the molecule is CC(C)C1(C(C)C)CCCCC1=O. The number of ketones is 1. The van der Waals surface area contributed by atoms with E-state index in [0.717, 1.165) is 19.3 Å². The van der Waals surface area contributed by atoms with Crippen LogP contribution in [0.4, 0.5) is 0 Å². The third kappa shape index (κ3) is 1.66. The molecule has 0 spiro atoms. The predicted octanol–water partition coefficient (Wildman–Crippen LogP) is 3.43. The molecule has 76 valence electrons. The summed E-state index contributed by atoms with van der Waals surface area (Å²) in [6.07, 6.45) is 4.28. The van der Waals surface area contributed by atoms with Gasteiger partial charge in [-0.05, 0) is 24.7 Å². The Hall–Kier alpha value is -0.330. The first-order valence-corrected chi connectivity index (χ1v) is 5.55. The van der Waals surface area contributed by atoms with Gasteiger partial charge in [0.2, 0.25) is 0 Å². The van der Waals surface area contributed by atoms with E-state index in [0.29, 0.717) is 17.6 Å². The molecule has 0 aromatic heterocycles. The first-order chi connectivity index (χ1) is 6.01. The summed E-state index contributed by atoms with van der Waals surface area (Å²) in [6, 6.07) is 0. The van der Waals surface area contributed by atoms with Gasteiger partial charge < -0.3 is 0 Å². The fourth-order valence-electron chi connectivity index (χ4n) is 2.96. The van der Waals surface area contributed by atoms with Crippen LogP contribution in [-0.4, -0.2) is 5.78 Å². The molecule has 0 N–H and O–H groups in total. The predicted molar refractivity (Wildman–Crippen MR) is 55.6 cm³/mol. The lowest BCUT2D eigenvalue weighted by Gasteiger charge is -2.42. The Morgan fingerprint density at radius 2 is 1.62 bits per heavy atom. The number of carbonyl (C=O) groups is 1. The van der Waals surface area contributed by atoms with Gasteiger partial charge in [-0.3, -0.25) is 4.79 Å². The van der Waals surface area contributed by atoms with Gasteiger partial charge in [0.1, 0.15) is 5.78 Å². The summed E-state index contributed by atoms with van der Waals surface area (Å²) in [7, 11) is 0. The second-order valence-electron chi connectivity index (χ2n) is 4.98. The van der Waals surface area contributed by atoms with Crippen LogP contribution in [0.15, 0.2) is 0 Å². The topological polar surface area (TPSA) is 17.1 Å². The van der Waals surface area contributed by atoms with Crippen molar-refractivity contribution in [1.82, 2.24) is 0 Å². The highest BCUT2D eigenvalue weighted by atomic mass is 16.1. The van der Waals surface area contributed by atoms with Crippen molar-refractivity contribution in [2.75, 3.05) is 0 Å². The lowest BCUT2D eigenvalue weighted by molar-refractivity contribution is -0.137. The van der Waals surface area contributed by atoms with Crippen LogP contribution in [0.3, 0.4) is 0 Å². The molecule has 1 rings (SSSR count). The van der Waals surface area contributed by atoms with E-state index in [2.05, 4.69) is 27.7 Å². The van der Waals surface area contributed by atoms with Crippen molar-refractivity contribution in [3.8, 4) is 0 Å². The van der Waals surface area contributed by atoms with E-state index in [1.54, 1.807) is 0 Å². The minimum Gasteiger partial charge on any atom is -0.299 e. The minimum atomic E-state index is -0.00174. The molecule has 1 nitrogen and oxygen atoms in total. The maximum atomic E-state index is 12.0. The largest absolute Gasteiger partial charge is 0.299 e. The maximum absolute atomic E-state index is 12.0. The second-order valence-corrected chi connectivity index (χ2v) is 4.98. The quantitative estimate of drug-likeness (QED) is 0.639. The zero-order valence-electron chi connectivity index (χ0n) is 9.39. The lowest BCUT2D eigenvalue weighted by atomic mass is 9.60. The molecule has 1 saturated carbocycles. The average molecular weight is 182 g/mol. The molecule has 0 saturated heterocycles. The molecule has 1 aliphatic carbocycles. The smallest absolute Gasteiger partial charge is 0.139 e. The Balaban J connectivity index is 2.93. The molecule has 1 aliphatic rings. The van der Waals surface area contributed by atoms with Gasteiger partial charge in [0.05, 0.1) is 0 Å². The summed E-state index contributed by atoms with van der Waals surface area (Å²) in [5.41, 5.74) is -0.00174. The number of hydrogen-bond acceptors (Lipinski definition) is 1. The summed E-state index contributed by atoms with van der Waals surface area (Å²) in [5.74, 6) is 1.52. The van der Waals surface area contributed by atoms with Crippen molar-refractivity contribution in [3.63, 3.8) is 0 Å². The normalized spacial score (nSPS) is 22.8. The summed E-state index contributed by atoms with van der Waals surface area (Å²) in [4.78, 5) is 12.0. The van der Waals surface area contributed by atoms with Crippen molar-refractivity contribution >= 4 is 5.78 Å². The Labute approximate surface area is 81.9 Å². The maximum Gasteiger partial charge on any atom is 0.139 e. The zero-order valence-corrected chi connectivity index (χ0v) is 9.39. The van der Waals surface area contributed by atoms with Crippen molar-refractivity contribution in [2.24, 2.45) is 17.3 Å². The van der Waals surface area contributed by atoms with E-state index >= 15 is 0 Å². The fourth-order valence-corrected chi connectivity index (χ4v) is 2.96. The van der Waals surface area contributed by atoms with Gasteiger partial charge in [0.25, 0.3) is 0 Å². The summed E-state index contributed by atoms with van der Waals surface area (Å²) in [5, 5.41) is 0. The van der Waals surface area contributed by atoms with Gasteiger partial charge in [-0.15, -0.1) is 0 Å². The minimum absolute atomic E-state index is 0.00174. The van der Waals surface area contributed by atoms with Gasteiger partial charge >= 0.3 is 0 Å². The summed E-state index contributed by atoms with van der Waals surface area (Å²) >= 11 is 0. The van der Waals surface area contributed by atoms with Crippen LogP contribution >= 0.6 is 0 Å². The first kappa shape index (κ1) is 10.7. The van der Waals surface area contributed by atoms with Gasteiger partial charge in [-0.25, -0.2) is 0 Å². The molecule has 0 radical (unpaired) electrons. The van der Waals surface area contributed by atoms with E-state index in [1.165, 1.54) is 6.42 Å². The highest BCUT2D eigenvalue weighted by Crippen LogP contribution is 2.45. The first-order valence-electron chi connectivity index (χ1n) is 5.55. The van der Waals surface area contributed by atoms with Crippen LogP contribution in [0, 0.1) is 17.3 Å². The molecule has 0 aliphatic heterocycles. The van der Waals surface area contributed by atoms with E-state index < -0.39 is 0 Å². The van der Waals surface area contributed by atoms with Crippen LogP contribution in [0.25, 0.3) is 0 Å². The summed E-state index contributed by atoms with van der Waals surface area (Å²) < 4.78 is 0. The van der Waals surface area contributed by atoms with E-state index in [4.69, 9.17) is 0 Å². The molecular weight excluding hydrogens is 160 g/mol. The van der Waals surface area contributed by atoms with Crippen molar-refractivity contribution in [3.05, 3.63) is 0 Å². The highest BCUT2D eigenvalue weighted by Gasteiger charge is 2.44. The number of rotatable bonds is 2. The van der Waals surface area contributed by atoms with Crippen LogP contribution < -0.4 is 0 Å². The van der Waals surface area contributed by atoms with Crippen LogP contribution in [0.1, 0.15) is 53.4 Å². The molecular formula is C12H22O. The fraction of sp³-hybridized carbons (Fsp3) is 0.917. The van der Waals surface area contributed by atoms with E-state index in [9.17, 15) is 4.79 Å². The average Bonchev–Trinajstić information content (AvgIpc) is 2.04. The monoisotopic (exact) mass is 182 g/mol.